The summed E-state index contributed by atoms with van der Waals surface area (Å²) in [5.74, 6) is -0.147. The molecule has 6 nitrogen and oxygen atoms in total. The number of nitriles is 1. The Labute approximate surface area is 146 Å². The number of aromatic nitrogens is 1. The van der Waals surface area contributed by atoms with Gasteiger partial charge in [0.25, 0.3) is 0 Å². The van der Waals surface area contributed by atoms with Crippen LogP contribution in [0.1, 0.15) is 24.0 Å². The van der Waals surface area contributed by atoms with Gasteiger partial charge in [0, 0.05) is 31.2 Å². The molecule has 0 bridgehead atoms. The molecule has 2 N–H and O–H groups in total. The van der Waals surface area contributed by atoms with Crippen LogP contribution < -0.4 is 10.2 Å². The average Bonchev–Trinajstić information content (AvgIpc) is 2.63. The highest BCUT2D eigenvalue weighted by atomic mass is 16.3. The second-order valence-electron chi connectivity index (χ2n) is 6.15. The van der Waals surface area contributed by atoms with Crippen molar-refractivity contribution >= 4 is 17.3 Å². The SMILES string of the molecule is N#Cc1cc(NC(=O)Cc2cccnc2)ccc1N1CCC(O)CC1. The molecule has 1 aliphatic rings. The number of aliphatic hydroxyl groups excluding tert-OH is 1. The van der Waals surface area contributed by atoms with Crippen molar-refractivity contribution in [2.75, 3.05) is 23.3 Å². The summed E-state index contributed by atoms with van der Waals surface area (Å²) in [6.07, 6.45) is 4.71. The third-order valence-electron chi connectivity index (χ3n) is 4.29. The number of benzene rings is 1. The highest BCUT2D eigenvalue weighted by Crippen LogP contribution is 2.26. The first kappa shape index (κ1) is 16.9. The Balaban J connectivity index is 1.69. The monoisotopic (exact) mass is 336 g/mol. The molecule has 0 atom stereocenters. The van der Waals surface area contributed by atoms with Crippen LogP contribution in [0, 0.1) is 11.3 Å². The van der Waals surface area contributed by atoms with Crippen LogP contribution in [0.3, 0.4) is 0 Å². The number of carbonyl (C=O) groups is 1. The third-order valence-corrected chi connectivity index (χ3v) is 4.29. The third kappa shape index (κ3) is 4.34. The number of nitrogens with one attached hydrogen (secondary N) is 1. The van der Waals surface area contributed by atoms with E-state index in [4.69, 9.17) is 0 Å². The summed E-state index contributed by atoms with van der Waals surface area (Å²) >= 11 is 0. The van der Waals surface area contributed by atoms with Crippen LogP contribution in [0.15, 0.2) is 42.7 Å². The van der Waals surface area contributed by atoms with Crippen molar-refractivity contribution in [1.82, 2.24) is 4.98 Å². The molecule has 128 valence electrons. The number of anilines is 2. The second-order valence-corrected chi connectivity index (χ2v) is 6.15. The molecule has 1 aromatic heterocycles. The number of hydrogen-bond donors (Lipinski definition) is 2. The van der Waals surface area contributed by atoms with E-state index in [0.29, 0.717) is 24.1 Å². The largest absolute Gasteiger partial charge is 0.393 e. The molecular formula is C19H20N4O2. The number of carbonyl (C=O) groups excluding carboxylic acids is 1. The quantitative estimate of drug-likeness (QED) is 0.892. The number of nitrogens with zero attached hydrogens (tertiary/aromatic N) is 3. The zero-order valence-electron chi connectivity index (χ0n) is 13.9. The first-order valence-corrected chi connectivity index (χ1v) is 8.31. The maximum absolute atomic E-state index is 12.1. The molecule has 0 aliphatic carbocycles. The van der Waals surface area contributed by atoms with Crippen LogP contribution >= 0.6 is 0 Å². The number of pyridine rings is 1. The van der Waals surface area contributed by atoms with Crippen LogP contribution in [0.2, 0.25) is 0 Å². The number of rotatable bonds is 4. The van der Waals surface area contributed by atoms with Gasteiger partial charge in [-0.05, 0) is 42.7 Å². The maximum atomic E-state index is 12.1. The van der Waals surface area contributed by atoms with Crippen LogP contribution in [0.4, 0.5) is 11.4 Å². The predicted molar refractivity (Wildman–Crippen MR) is 95.2 cm³/mol. The van der Waals surface area contributed by atoms with Crippen molar-refractivity contribution < 1.29 is 9.90 Å². The van der Waals surface area contributed by atoms with E-state index in [1.54, 1.807) is 24.5 Å². The van der Waals surface area contributed by atoms with E-state index in [0.717, 1.165) is 24.3 Å². The summed E-state index contributed by atoms with van der Waals surface area (Å²) in [7, 11) is 0. The molecule has 0 saturated carbocycles. The van der Waals surface area contributed by atoms with Crippen molar-refractivity contribution in [1.29, 1.82) is 5.26 Å². The van der Waals surface area contributed by atoms with Crippen LogP contribution in [0.5, 0.6) is 0 Å². The van der Waals surface area contributed by atoms with Gasteiger partial charge in [-0.3, -0.25) is 9.78 Å². The number of aliphatic hydroxyl groups is 1. The lowest BCUT2D eigenvalue weighted by molar-refractivity contribution is -0.115. The fourth-order valence-corrected chi connectivity index (χ4v) is 2.98. The lowest BCUT2D eigenvalue weighted by Crippen LogP contribution is -2.36. The van der Waals surface area contributed by atoms with Crippen LogP contribution in [-0.2, 0) is 11.2 Å². The van der Waals surface area contributed by atoms with E-state index in [1.807, 2.05) is 18.2 Å². The molecule has 1 amide bonds. The molecule has 25 heavy (non-hydrogen) atoms. The summed E-state index contributed by atoms with van der Waals surface area (Å²) < 4.78 is 0. The van der Waals surface area contributed by atoms with Gasteiger partial charge in [0.1, 0.15) is 6.07 Å². The number of hydrogen-bond acceptors (Lipinski definition) is 5. The zero-order valence-corrected chi connectivity index (χ0v) is 13.9. The Morgan fingerprint density at radius 3 is 2.84 bits per heavy atom. The van der Waals surface area contributed by atoms with E-state index >= 15 is 0 Å². The Hall–Kier alpha value is -2.91. The molecule has 2 heterocycles. The lowest BCUT2D eigenvalue weighted by Gasteiger charge is -2.32. The zero-order chi connectivity index (χ0) is 17.6. The molecule has 1 saturated heterocycles. The van der Waals surface area contributed by atoms with Crippen molar-refractivity contribution in [3.05, 3.63) is 53.9 Å². The van der Waals surface area contributed by atoms with Crippen molar-refractivity contribution in [2.24, 2.45) is 0 Å². The predicted octanol–water partition coefficient (Wildman–Crippen LogP) is 2.10. The highest BCUT2D eigenvalue weighted by Gasteiger charge is 2.19. The maximum Gasteiger partial charge on any atom is 0.228 e. The summed E-state index contributed by atoms with van der Waals surface area (Å²) in [5, 5.41) is 21.9. The molecule has 3 rings (SSSR count). The minimum absolute atomic E-state index is 0.147. The topological polar surface area (TPSA) is 89.2 Å². The molecule has 0 radical (unpaired) electrons. The summed E-state index contributed by atoms with van der Waals surface area (Å²) in [4.78, 5) is 18.2. The van der Waals surface area contributed by atoms with Gasteiger partial charge in [-0.1, -0.05) is 6.07 Å². The molecule has 6 heteroatoms. The Morgan fingerprint density at radius 1 is 1.36 bits per heavy atom. The molecule has 1 fully saturated rings. The Morgan fingerprint density at radius 2 is 2.16 bits per heavy atom. The van der Waals surface area contributed by atoms with Gasteiger partial charge >= 0.3 is 0 Å². The smallest absolute Gasteiger partial charge is 0.228 e. The average molecular weight is 336 g/mol. The minimum atomic E-state index is -0.257. The fourth-order valence-electron chi connectivity index (χ4n) is 2.98. The fraction of sp³-hybridized carbons (Fsp3) is 0.316. The van der Waals surface area contributed by atoms with E-state index in [2.05, 4.69) is 21.3 Å². The van der Waals surface area contributed by atoms with Crippen molar-refractivity contribution in [3.63, 3.8) is 0 Å². The first-order valence-electron chi connectivity index (χ1n) is 8.31. The van der Waals surface area contributed by atoms with Gasteiger partial charge < -0.3 is 15.3 Å². The molecule has 0 spiro atoms. The Kier molecular flexibility index (Phi) is 5.26. The van der Waals surface area contributed by atoms with Gasteiger partial charge in [0.05, 0.1) is 23.8 Å². The minimum Gasteiger partial charge on any atom is -0.393 e. The normalized spacial score (nSPS) is 14.8. The van der Waals surface area contributed by atoms with Gasteiger partial charge in [-0.2, -0.15) is 5.26 Å². The second kappa shape index (κ2) is 7.77. The molecule has 1 aliphatic heterocycles. The summed E-state index contributed by atoms with van der Waals surface area (Å²) in [5.41, 5.74) is 2.81. The van der Waals surface area contributed by atoms with Crippen LogP contribution in [0.25, 0.3) is 0 Å². The van der Waals surface area contributed by atoms with E-state index < -0.39 is 0 Å². The Bertz CT molecular complexity index is 778. The van der Waals surface area contributed by atoms with Crippen molar-refractivity contribution in [2.45, 2.75) is 25.4 Å². The number of piperidine rings is 1. The molecular weight excluding hydrogens is 316 g/mol. The van der Waals surface area contributed by atoms with E-state index in [-0.39, 0.29) is 18.4 Å². The van der Waals surface area contributed by atoms with Crippen molar-refractivity contribution in [3.8, 4) is 6.07 Å². The number of amides is 1. The first-order chi connectivity index (χ1) is 12.2. The van der Waals surface area contributed by atoms with Gasteiger partial charge in [0.15, 0.2) is 0 Å². The van der Waals surface area contributed by atoms with Gasteiger partial charge in [-0.15, -0.1) is 0 Å². The van der Waals surface area contributed by atoms with Gasteiger partial charge in [0.2, 0.25) is 5.91 Å². The summed E-state index contributed by atoms with van der Waals surface area (Å²) in [6, 6.07) is 11.2. The highest BCUT2D eigenvalue weighted by molar-refractivity contribution is 5.92. The van der Waals surface area contributed by atoms with Crippen LogP contribution in [-0.4, -0.2) is 35.2 Å². The lowest BCUT2D eigenvalue weighted by atomic mass is 10.0. The molecule has 2 aromatic rings. The molecule has 1 aromatic carbocycles. The molecule has 0 unspecified atom stereocenters. The summed E-state index contributed by atoms with van der Waals surface area (Å²) in [6.45, 7) is 1.45. The standard InChI is InChI=1S/C19H20N4O2/c20-12-15-11-16(22-19(25)10-14-2-1-7-21-13-14)3-4-18(15)23-8-5-17(24)6-9-23/h1-4,7,11,13,17,24H,5-6,8-10H2,(H,22,25). The van der Waals surface area contributed by atoms with E-state index in [9.17, 15) is 15.2 Å². The van der Waals surface area contributed by atoms with E-state index in [1.165, 1.54) is 0 Å². The van der Waals surface area contributed by atoms with Gasteiger partial charge in [-0.25, -0.2) is 0 Å².